The third-order valence-electron chi connectivity index (χ3n) is 10.6. The molecule has 8 aromatic carbocycles. The molecule has 2 aliphatic rings. The SMILES string of the molecule is c1ccc2c(c1)Oc1c(ccc3c4c5ccccc5ccc4n(-c4cccc5ccccc45)c13)C21c2ccccc2-c2ccccc21. The molecule has 2 heteroatoms. The van der Waals surface area contributed by atoms with E-state index in [1.807, 2.05) is 0 Å². The maximum absolute atomic E-state index is 7.20. The standard InChI is InChI=1S/C45H27NO/c1-3-15-30-28(12-1)14-11-22-39(30)46-40-27-24-29-13-2-4-16-31(29)42(40)34-25-26-38-44(43(34)46)47-41-23-10-9-21-37(41)45(38)35-19-7-5-17-32(35)33-18-6-8-20-36(33)45/h1-27H. The van der Waals surface area contributed by atoms with Gasteiger partial charge in [0.05, 0.1) is 22.1 Å². The van der Waals surface area contributed by atoms with Crippen LogP contribution < -0.4 is 4.74 Å². The van der Waals surface area contributed by atoms with E-state index >= 15 is 0 Å². The van der Waals surface area contributed by atoms with Gasteiger partial charge in [-0.25, -0.2) is 0 Å². The van der Waals surface area contributed by atoms with Crippen LogP contribution in [-0.2, 0) is 5.41 Å². The van der Waals surface area contributed by atoms with Crippen molar-refractivity contribution in [2.24, 2.45) is 0 Å². The molecule has 2 heterocycles. The third-order valence-corrected chi connectivity index (χ3v) is 10.6. The number of rotatable bonds is 1. The first-order valence-corrected chi connectivity index (χ1v) is 16.3. The van der Waals surface area contributed by atoms with E-state index in [1.54, 1.807) is 0 Å². The maximum Gasteiger partial charge on any atom is 0.156 e. The van der Waals surface area contributed by atoms with Crippen molar-refractivity contribution in [2.75, 3.05) is 0 Å². The van der Waals surface area contributed by atoms with Gasteiger partial charge in [-0.2, -0.15) is 0 Å². The minimum absolute atomic E-state index is 0.520. The van der Waals surface area contributed by atoms with Crippen LogP contribution >= 0.6 is 0 Å². The molecule has 1 aliphatic heterocycles. The number of para-hydroxylation sites is 1. The Balaban J connectivity index is 1.38. The summed E-state index contributed by atoms with van der Waals surface area (Å²) in [5.41, 5.74) is 10.4. The van der Waals surface area contributed by atoms with Gasteiger partial charge in [0.1, 0.15) is 5.75 Å². The van der Waals surface area contributed by atoms with Crippen molar-refractivity contribution in [2.45, 2.75) is 5.41 Å². The van der Waals surface area contributed by atoms with Gasteiger partial charge in [-0.05, 0) is 56.6 Å². The Morgan fingerprint density at radius 2 is 1.04 bits per heavy atom. The molecule has 0 radical (unpaired) electrons. The van der Waals surface area contributed by atoms with E-state index < -0.39 is 5.41 Å². The fourth-order valence-electron chi connectivity index (χ4n) is 8.83. The molecule has 0 unspecified atom stereocenters. The van der Waals surface area contributed by atoms with Crippen molar-refractivity contribution >= 4 is 43.4 Å². The van der Waals surface area contributed by atoms with E-state index in [4.69, 9.17) is 4.74 Å². The molecule has 0 saturated heterocycles. The Morgan fingerprint density at radius 1 is 0.426 bits per heavy atom. The smallest absolute Gasteiger partial charge is 0.156 e. The summed E-state index contributed by atoms with van der Waals surface area (Å²) >= 11 is 0. The average Bonchev–Trinajstić information content (AvgIpc) is 3.63. The number of hydrogen-bond donors (Lipinski definition) is 0. The lowest BCUT2D eigenvalue weighted by molar-refractivity contribution is 0.440. The fraction of sp³-hybridized carbons (Fsp3) is 0.0222. The van der Waals surface area contributed by atoms with Crippen LogP contribution in [0.2, 0.25) is 0 Å². The Bertz CT molecular complexity index is 2730. The van der Waals surface area contributed by atoms with E-state index in [0.29, 0.717) is 0 Å². The van der Waals surface area contributed by atoms with Crippen molar-refractivity contribution in [3.63, 3.8) is 0 Å². The summed E-state index contributed by atoms with van der Waals surface area (Å²) in [5.74, 6) is 1.82. The summed E-state index contributed by atoms with van der Waals surface area (Å²) in [7, 11) is 0. The van der Waals surface area contributed by atoms with Gasteiger partial charge in [0.2, 0.25) is 0 Å². The van der Waals surface area contributed by atoms with Crippen LogP contribution in [0.5, 0.6) is 11.5 Å². The Kier molecular flexibility index (Phi) is 4.80. The normalized spacial score (nSPS) is 13.9. The molecule has 47 heavy (non-hydrogen) atoms. The zero-order valence-electron chi connectivity index (χ0n) is 25.4. The molecule has 0 N–H and O–H groups in total. The van der Waals surface area contributed by atoms with Crippen LogP contribution in [0.15, 0.2) is 164 Å². The van der Waals surface area contributed by atoms with Gasteiger partial charge in [0.15, 0.2) is 5.75 Å². The van der Waals surface area contributed by atoms with Crippen molar-refractivity contribution in [3.05, 3.63) is 186 Å². The second-order valence-corrected chi connectivity index (χ2v) is 12.8. The molecule has 9 aromatic rings. The van der Waals surface area contributed by atoms with E-state index in [0.717, 1.165) is 22.7 Å². The van der Waals surface area contributed by atoms with Crippen LogP contribution in [0.3, 0.4) is 0 Å². The van der Waals surface area contributed by atoms with Gasteiger partial charge in [0.25, 0.3) is 0 Å². The van der Waals surface area contributed by atoms with Crippen LogP contribution in [0, 0.1) is 0 Å². The van der Waals surface area contributed by atoms with Gasteiger partial charge in [-0.3, -0.25) is 0 Å². The van der Waals surface area contributed by atoms with Crippen molar-refractivity contribution in [3.8, 4) is 28.3 Å². The summed E-state index contributed by atoms with van der Waals surface area (Å²) in [6.45, 7) is 0. The fourth-order valence-corrected chi connectivity index (χ4v) is 8.83. The van der Waals surface area contributed by atoms with Gasteiger partial charge < -0.3 is 9.30 Å². The summed E-state index contributed by atoms with van der Waals surface area (Å²) in [6.07, 6.45) is 0. The van der Waals surface area contributed by atoms with E-state index in [1.165, 1.54) is 71.2 Å². The first kappa shape index (κ1) is 25.1. The molecule has 1 spiro atoms. The second-order valence-electron chi connectivity index (χ2n) is 12.8. The number of ether oxygens (including phenoxy) is 1. The summed E-state index contributed by atoms with van der Waals surface area (Å²) in [4.78, 5) is 0. The van der Waals surface area contributed by atoms with Crippen LogP contribution in [0.4, 0.5) is 0 Å². The Morgan fingerprint density at radius 3 is 1.83 bits per heavy atom. The van der Waals surface area contributed by atoms with Crippen LogP contribution in [0.25, 0.3) is 60.2 Å². The lowest BCUT2D eigenvalue weighted by atomic mass is 9.66. The Hall–Kier alpha value is -6.12. The minimum Gasteiger partial charge on any atom is -0.454 e. The minimum atomic E-state index is -0.520. The highest BCUT2D eigenvalue weighted by Gasteiger charge is 2.51. The zero-order valence-corrected chi connectivity index (χ0v) is 25.4. The highest BCUT2D eigenvalue weighted by atomic mass is 16.5. The van der Waals surface area contributed by atoms with E-state index in [9.17, 15) is 0 Å². The first-order chi connectivity index (χ1) is 23.3. The summed E-state index contributed by atoms with van der Waals surface area (Å²) in [6, 6.07) is 59.8. The molecule has 0 saturated carbocycles. The van der Waals surface area contributed by atoms with Gasteiger partial charge >= 0.3 is 0 Å². The van der Waals surface area contributed by atoms with Crippen molar-refractivity contribution < 1.29 is 4.74 Å². The molecule has 1 aromatic heterocycles. The maximum atomic E-state index is 7.20. The molecule has 2 nitrogen and oxygen atoms in total. The molecule has 0 amide bonds. The topological polar surface area (TPSA) is 14.2 Å². The highest BCUT2D eigenvalue weighted by Crippen LogP contribution is 2.63. The van der Waals surface area contributed by atoms with Gasteiger partial charge in [-0.15, -0.1) is 0 Å². The lowest BCUT2D eigenvalue weighted by Gasteiger charge is -2.39. The predicted octanol–water partition coefficient (Wildman–Crippen LogP) is 11.6. The highest BCUT2D eigenvalue weighted by molar-refractivity contribution is 6.23. The molecular weight excluding hydrogens is 571 g/mol. The van der Waals surface area contributed by atoms with Crippen molar-refractivity contribution in [1.29, 1.82) is 0 Å². The molecule has 0 fully saturated rings. The Labute approximate surface area is 271 Å². The number of fused-ring (bicyclic) bond motifs is 16. The molecule has 11 rings (SSSR count). The number of hydrogen-bond acceptors (Lipinski definition) is 1. The number of benzene rings is 8. The lowest BCUT2D eigenvalue weighted by Crippen LogP contribution is -2.32. The largest absolute Gasteiger partial charge is 0.454 e. The van der Waals surface area contributed by atoms with Gasteiger partial charge in [-0.1, -0.05) is 146 Å². The van der Waals surface area contributed by atoms with Crippen LogP contribution in [-0.4, -0.2) is 4.57 Å². The zero-order chi connectivity index (χ0) is 30.7. The average molecular weight is 598 g/mol. The number of aromatic nitrogens is 1. The summed E-state index contributed by atoms with van der Waals surface area (Å²) in [5, 5.41) is 7.34. The van der Waals surface area contributed by atoms with E-state index in [-0.39, 0.29) is 0 Å². The molecule has 0 atom stereocenters. The third kappa shape index (κ3) is 3.05. The quantitative estimate of drug-likeness (QED) is 0.184. The molecule has 218 valence electrons. The monoisotopic (exact) mass is 597 g/mol. The first-order valence-electron chi connectivity index (χ1n) is 16.3. The molecular formula is C45H27NO. The second kappa shape index (κ2) is 8.99. The molecule has 0 bridgehead atoms. The van der Waals surface area contributed by atoms with Gasteiger partial charge in [0, 0.05) is 27.3 Å². The predicted molar refractivity (Wildman–Crippen MR) is 193 cm³/mol. The van der Waals surface area contributed by atoms with Crippen molar-refractivity contribution in [1.82, 2.24) is 4.57 Å². The number of nitrogens with zero attached hydrogens (tertiary/aromatic N) is 1. The molecule has 1 aliphatic carbocycles. The summed E-state index contributed by atoms with van der Waals surface area (Å²) < 4.78 is 9.67. The van der Waals surface area contributed by atoms with Crippen LogP contribution in [0.1, 0.15) is 22.3 Å². The van der Waals surface area contributed by atoms with E-state index in [2.05, 4.69) is 168 Å².